The number of carboxylic acid groups (broad SMARTS) is 1. The maximum Gasteiger partial charge on any atom is 0.407 e. The molecular weight excluding hydrogens is 361 g/mol. The van der Waals surface area contributed by atoms with Crippen LogP contribution in [-0.4, -0.2) is 33.2 Å². The van der Waals surface area contributed by atoms with E-state index in [0.29, 0.717) is 4.43 Å². The van der Waals surface area contributed by atoms with Crippen LogP contribution < -0.4 is 5.32 Å². The Balaban J connectivity index is 4.90. The Bertz CT molecular complexity index is 331. The van der Waals surface area contributed by atoms with Gasteiger partial charge in [-0.3, -0.25) is 4.79 Å². The highest BCUT2D eigenvalue weighted by Gasteiger charge is 2.39. The summed E-state index contributed by atoms with van der Waals surface area (Å²) >= 11 is 2.08. The Labute approximate surface area is 128 Å². The van der Waals surface area contributed by atoms with Gasteiger partial charge in [-0.15, -0.1) is 0 Å². The second-order valence-corrected chi connectivity index (χ2v) is 7.47. The fourth-order valence-electron chi connectivity index (χ4n) is 1.82. The highest BCUT2D eigenvalue weighted by atomic mass is 127. The van der Waals surface area contributed by atoms with Crippen LogP contribution in [-0.2, 0) is 9.53 Å². The molecule has 0 radical (unpaired) electrons. The van der Waals surface area contributed by atoms with Gasteiger partial charge in [0, 0.05) is 4.43 Å². The molecule has 0 aromatic carbocycles. The number of ether oxygens (including phenoxy) is 1. The number of carbonyl (C=O) groups excluding carboxylic acids is 1. The standard InChI is InChI=1S/C13H24INO4/c1-12(2,3)9(10(16)17)8(7-14)15-11(18)19-13(4,5)6/h8-9H,7H2,1-6H3,(H,15,18)(H,16,17)/t8-,9?/m1/s1. The number of carboxylic acids is 1. The predicted octanol–water partition coefficient (Wildman–Crippen LogP) is 3.06. The van der Waals surface area contributed by atoms with E-state index in [2.05, 4.69) is 27.9 Å². The lowest BCUT2D eigenvalue weighted by Gasteiger charge is -2.33. The van der Waals surface area contributed by atoms with Crippen molar-refractivity contribution in [2.75, 3.05) is 4.43 Å². The summed E-state index contributed by atoms with van der Waals surface area (Å²) in [6.45, 7) is 10.9. The molecule has 0 fully saturated rings. The van der Waals surface area contributed by atoms with Gasteiger partial charge in [0.2, 0.25) is 0 Å². The molecular formula is C13H24INO4. The molecule has 0 aliphatic carbocycles. The summed E-state index contributed by atoms with van der Waals surface area (Å²) in [6.07, 6.45) is -0.579. The molecule has 2 atom stereocenters. The number of amides is 1. The van der Waals surface area contributed by atoms with Gasteiger partial charge >= 0.3 is 12.1 Å². The largest absolute Gasteiger partial charge is 0.481 e. The van der Waals surface area contributed by atoms with Gasteiger partial charge in [0.25, 0.3) is 0 Å². The molecule has 1 unspecified atom stereocenters. The van der Waals surface area contributed by atoms with Crippen molar-refractivity contribution >= 4 is 34.7 Å². The van der Waals surface area contributed by atoms with Gasteiger partial charge in [0.05, 0.1) is 12.0 Å². The van der Waals surface area contributed by atoms with Crippen molar-refractivity contribution in [2.45, 2.75) is 53.2 Å². The zero-order chi connectivity index (χ0) is 15.4. The van der Waals surface area contributed by atoms with E-state index < -0.39 is 35.0 Å². The van der Waals surface area contributed by atoms with Crippen LogP contribution in [0.25, 0.3) is 0 Å². The molecule has 0 rings (SSSR count). The SMILES string of the molecule is CC(C)(C)OC(=O)N[C@H](CI)C(C(=O)O)C(C)(C)C. The number of hydrogen-bond acceptors (Lipinski definition) is 3. The maximum absolute atomic E-state index is 11.8. The lowest BCUT2D eigenvalue weighted by molar-refractivity contribution is -0.146. The van der Waals surface area contributed by atoms with Crippen LogP contribution >= 0.6 is 22.6 Å². The first-order valence-corrected chi connectivity index (χ1v) is 7.69. The van der Waals surface area contributed by atoms with E-state index in [-0.39, 0.29) is 0 Å². The van der Waals surface area contributed by atoms with Crippen molar-refractivity contribution < 1.29 is 19.4 Å². The average Bonchev–Trinajstić information content (AvgIpc) is 2.10. The fourth-order valence-corrected chi connectivity index (χ4v) is 2.54. The van der Waals surface area contributed by atoms with Gasteiger partial charge < -0.3 is 15.2 Å². The number of aliphatic carboxylic acids is 1. The highest BCUT2D eigenvalue weighted by molar-refractivity contribution is 14.1. The molecule has 19 heavy (non-hydrogen) atoms. The number of carbonyl (C=O) groups is 2. The van der Waals surface area contributed by atoms with Gasteiger partial charge in [-0.05, 0) is 26.2 Å². The summed E-state index contributed by atoms with van der Waals surface area (Å²) in [5, 5.41) is 12.0. The fraction of sp³-hybridized carbons (Fsp3) is 0.846. The number of alkyl carbamates (subject to hydrolysis) is 1. The number of hydrogen-bond donors (Lipinski definition) is 2. The van der Waals surface area contributed by atoms with Crippen molar-refractivity contribution in [3.05, 3.63) is 0 Å². The normalized spacial score (nSPS) is 15.5. The molecule has 0 heterocycles. The van der Waals surface area contributed by atoms with Crippen molar-refractivity contribution in [1.82, 2.24) is 5.32 Å². The van der Waals surface area contributed by atoms with Gasteiger partial charge in [0.1, 0.15) is 5.60 Å². The Morgan fingerprint density at radius 1 is 1.21 bits per heavy atom. The quantitative estimate of drug-likeness (QED) is 0.576. The monoisotopic (exact) mass is 385 g/mol. The predicted molar refractivity (Wildman–Crippen MR) is 82.6 cm³/mol. The highest BCUT2D eigenvalue weighted by Crippen LogP contribution is 2.30. The molecule has 0 bridgehead atoms. The molecule has 0 saturated heterocycles. The molecule has 0 aliphatic rings. The smallest absolute Gasteiger partial charge is 0.407 e. The summed E-state index contributed by atoms with van der Waals surface area (Å²) in [4.78, 5) is 23.2. The van der Waals surface area contributed by atoms with Crippen molar-refractivity contribution in [1.29, 1.82) is 0 Å². The molecule has 2 N–H and O–H groups in total. The van der Waals surface area contributed by atoms with Gasteiger partial charge in [0.15, 0.2) is 0 Å². The van der Waals surface area contributed by atoms with Gasteiger partial charge in [-0.1, -0.05) is 43.4 Å². The van der Waals surface area contributed by atoms with Crippen LogP contribution in [0.2, 0.25) is 0 Å². The molecule has 0 aromatic rings. The molecule has 6 heteroatoms. The lowest BCUT2D eigenvalue weighted by atomic mass is 9.77. The van der Waals surface area contributed by atoms with E-state index in [1.54, 1.807) is 20.8 Å². The van der Waals surface area contributed by atoms with Crippen LogP contribution in [0.5, 0.6) is 0 Å². The summed E-state index contributed by atoms with van der Waals surface area (Å²) in [5.41, 5.74) is -1.04. The van der Waals surface area contributed by atoms with Crippen LogP contribution in [0, 0.1) is 11.3 Å². The molecule has 0 aromatic heterocycles. The average molecular weight is 385 g/mol. The van der Waals surface area contributed by atoms with E-state index in [0.717, 1.165) is 0 Å². The minimum Gasteiger partial charge on any atom is -0.481 e. The number of nitrogens with one attached hydrogen (secondary N) is 1. The first kappa shape index (κ1) is 18.5. The first-order chi connectivity index (χ1) is 8.38. The second-order valence-electron chi connectivity index (χ2n) is 6.59. The van der Waals surface area contributed by atoms with E-state index in [1.807, 2.05) is 20.8 Å². The van der Waals surface area contributed by atoms with Crippen LogP contribution in [0.4, 0.5) is 4.79 Å². The zero-order valence-corrected chi connectivity index (χ0v) is 14.6. The summed E-state index contributed by atoms with van der Waals surface area (Å²) in [7, 11) is 0. The first-order valence-electron chi connectivity index (χ1n) is 6.16. The Kier molecular flexibility index (Phi) is 6.57. The zero-order valence-electron chi connectivity index (χ0n) is 12.4. The molecule has 112 valence electrons. The van der Waals surface area contributed by atoms with E-state index in [1.165, 1.54) is 0 Å². The summed E-state index contributed by atoms with van der Waals surface area (Å²) < 4.78 is 5.67. The van der Waals surface area contributed by atoms with E-state index >= 15 is 0 Å². The van der Waals surface area contributed by atoms with Crippen LogP contribution in [0.3, 0.4) is 0 Å². The molecule has 0 saturated carbocycles. The van der Waals surface area contributed by atoms with Crippen molar-refractivity contribution in [3.8, 4) is 0 Å². The van der Waals surface area contributed by atoms with Gasteiger partial charge in [-0.25, -0.2) is 4.79 Å². The topological polar surface area (TPSA) is 75.6 Å². The number of alkyl halides is 1. The maximum atomic E-state index is 11.8. The summed E-state index contributed by atoms with van der Waals surface area (Å²) in [5.74, 6) is -1.58. The van der Waals surface area contributed by atoms with Crippen molar-refractivity contribution in [3.63, 3.8) is 0 Å². The van der Waals surface area contributed by atoms with E-state index in [4.69, 9.17) is 4.74 Å². The minimum atomic E-state index is -0.912. The Morgan fingerprint density at radius 2 is 1.68 bits per heavy atom. The number of rotatable bonds is 4. The van der Waals surface area contributed by atoms with Crippen molar-refractivity contribution in [2.24, 2.45) is 11.3 Å². The molecule has 1 amide bonds. The van der Waals surface area contributed by atoms with E-state index in [9.17, 15) is 14.7 Å². The molecule has 0 spiro atoms. The van der Waals surface area contributed by atoms with Crippen LogP contribution in [0.1, 0.15) is 41.5 Å². The third-order valence-electron chi connectivity index (χ3n) is 2.47. The lowest BCUT2D eigenvalue weighted by Crippen LogP contribution is -2.50. The minimum absolute atomic E-state index is 0.448. The Hall–Kier alpha value is -0.530. The number of halogens is 1. The second kappa shape index (κ2) is 6.76. The third-order valence-corrected chi connectivity index (χ3v) is 3.42. The van der Waals surface area contributed by atoms with Gasteiger partial charge in [-0.2, -0.15) is 0 Å². The van der Waals surface area contributed by atoms with Crippen LogP contribution in [0.15, 0.2) is 0 Å². The third kappa shape index (κ3) is 6.98. The Morgan fingerprint density at radius 3 is 1.95 bits per heavy atom. The molecule has 0 aliphatic heterocycles. The summed E-state index contributed by atoms with van der Waals surface area (Å²) in [6, 6.07) is -0.465. The molecule has 5 nitrogen and oxygen atoms in total.